The third kappa shape index (κ3) is 5.49. The quantitative estimate of drug-likeness (QED) is 0.742. The van der Waals surface area contributed by atoms with E-state index < -0.39 is 0 Å². The zero-order valence-electron chi connectivity index (χ0n) is 13.9. The van der Waals surface area contributed by atoms with Crippen LogP contribution >= 0.6 is 23.2 Å². The van der Waals surface area contributed by atoms with Crippen LogP contribution in [-0.4, -0.2) is 62.1 Å². The van der Waals surface area contributed by atoms with Crippen LogP contribution < -0.4 is 15.0 Å². The first-order valence-corrected chi connectivity index (χ1v) is 9.25. The SMILES string of the molecule is O=C(C[NH+]1CCN(C(=O)COc2ccc(Cl)cc2Cl)CC1)NC1CC1. The monoisotopic (exact) mass is 386 g/mol. The molecule has 2 N–H and O–H groups in total. The third-order valence-corrected chi connectivity index (χ3v) is 4.95. The number of carbonyl (C=O) groups is 2. The maximum absolute atomic E-state index is 12.3. The maximum atomic E-state index is 12.3. The van der Waals surface area contributed by atoms with Gasteiger partial charge in [-0.05, 0) is 31.0 Å². The van der Waals surface area contributed by atoms with Crippen molar-refractivity contribution in [3.63, 3.8) is 0 Å². The lowest BCUT2D eigenvalue weighted by molar-refractivity contribution is -0.896. The molecule has 6 nitrogen and oxygen atoms in total. The number of carbonyl (C=O) groups excluding carboxylic acids is 2. The summed E-state index contributed by atoms with van der Waals surface area (Å²) in [7, 11) is 0. The van der Waals surface area contributed by atoms with E-state index in [0.717, 1.165) is 25.9 Å². The molecule has 1 aliphatic heterocycles. The molecule has 0 aromatic heterocycles. The Morgan fingerprint density at radius 1 is 1.24 bits per heavy atom. The van der Waals surface area contributed by atoms with Crippen molar-refractivity contribution in [1.82, 2.24) is 10.2 Å². The Bertz CT molecular complexity index is 644. The van der Waals surface area contributed by atoms with E-state index >= 15 is 0 Å². The van der Waals surface area contributed by atoms with Gasteiger partial charge in [0, 0.05) is 11.1 Å². The Morgan fingerprint density at radius 2 is 1.96 bits per heavy atom. The molecular formula is C17H22Cl2N3O3+. The van der Waals surface area contributed by atoms with Crippen molar-refractivity contribution in [2.75, 3.05) is 39.3 Å². The lowest BCUT2D eigenvalue weighted by Crippen LogP contribution is -3.15. The molecule has 8 heteroatoms. The summed E-state index contributed by atoms with van der Waals surface area (Å²) in [6, 6.07) is 5.30. The molecule has 0 radical (unpaired) electrons. The van der Waals surface area contributed by atoms with E-state index in [1.54, 1.807) is 23.1 Å². The van der Waals surface area contributed by atoms with Gasteiger partial charge in [0.05, 0.1) is 31.2 Å². The number of amides is 2. The molecule has 0 unspecified atom stereocenters. The van der Waals surface area contributed by atoms with Crippen LogP contribution in [0.15, 0.2) is 18.2 Å². The van der Waals surface area contributed by atoms with Gasteiger partial charge in [-0.1, -0.05) is 23.2 Å². The highest BCUT2D eigenvalue weighted by Crippen LogP contribution is 2.27. The summed E-state index contributed by atoms with van der Waals surface area (Å²) in [5.41, 5.74) is 0. The molecule has 1 aliphatic carbocycles. The smallest absolute Gasteiger partial charge is 0.275 e. The Kier molecular flexibility index (Phi) is 6.04. The summed E-state index contributed by atoms with van der Waals surface area (Å²) in [6.07, 6.45) is 2.20. The van der Waals surface area contributed by atoms with Gasteiger partial charge in [0.2, 0.25) is 0 Å². The van der Waals surface area contributed by atoms with Crippen molar-refractivity contribution in [3.8, 4) is 5.75 Å². The fourth-order valence-corrected chi connectivity index (χ4v) is 3.27. The van der Waals surface area contributed by atoms with E-state index in [1.807, 2.05) is 0 Å². The van der Waals surface area contributed by atoms with Crippen molar-refractivity contribution in [2.24, 2.45) is 0 Å². The molecule has 136 valence electrons. The van der Waals surface area contributed by atoms with Crippen LogP contribution in [0.2, 0.25) is 10.0 Å². The van der Waals surface area contributed by atoms with Crippen LogP contribution in [-0.2, 0) is 9.59 Å². The number of hydrogen-bond donors (Lipinski definition) is 2. The van der Waals surface area contributed by atoms with Gasteiger partial charge in [-0.15, -0.1) is 0 Å². The van der Waals surface area contributed by atoms with Gasteiger partial charge in [0.25, 0.3) is 11.8 Å². The largest absolute Gasteiger partial charge is 0.482 e. The van der Waals surface area contributed by atoms with Crippen molar-refractivity contribution >= 4 is 35.0 Å². The van der Waals surface area contributed by atoms with Crippen LogP contribution in [0.3, 0.4) is 0 Å². The van der Waals surface area contributed by atoms with E-state index in [-0.39, 0.29) is 18.4 Å². The molecule has 2 aliphatic rings. The molecule has 0 bridgehead atoms. The minimum absolute atomic E-state index is 0.0567. The van der Waals surface area contributed by atoms with Crippen LogP contribution in [0.1, 0.15) is 12.8 Å². The first kappa shape index (κ1) is 18.3. The van der Waals surface area contributed by atoms with Gasteiger partial charge >= 0.3 is 0 Å². The Hall–Kier alpha value is -1.50. The highest BCUT2D eigenvalue weighted by molar-refractivity contribution is 6.35. The van der Waals surface area contributed by atoms with Crippen molar-refractivity contribution in [3.05, 3.63) is 28.2 Å². The number of halogens is 2. The van der Waals surface area contributed by atoms with Gasteiger partial charge in [-0.3, -0.25) is 9.59 Å². The molecule has 1 aromatic rings. The number of ether oxygens (including phenoxy) is 1. The Balaban J connectivity index is 1.39. The van der Waals surface area contributed by atoms with Crippen molar-refractivity contribution < 1.29 is 19.2 Å². The van der Waals surface area contributed by atoms with Gasteiger partial charge in [0.15, 0.2) is 13.2 Å². The average molecular weight is 387 g/mol. The van der Waals surface area contributed by atoms with Gasteiger partial charge < -0.3 is 19.9 Å². The molecule has 0 spiro atoms. The lowest BCUT2D eigenvalue weighted by atomic mass is 10.3. The number of hydrogen-bond acceptors (Lipinski definition) is 3. The summed E-state index contributed by atoms with van der Waals surface area (Å²) in [5, 5.41) is 3.91. The minimum Gasteiger partial charge on any atom is -0.482 e. The van der Waals surface area contributed by atoms with E-state index in [4.69, 9.17) is 27.9 Å². The number of quaternary nitrogens is 1. The molecule has 1 aromatic carbocycles. The number of nitrogens with zero attached hydrogens (tertiary/aromatic N) is 1. The summed E-state index contributed by atoms with van der Waals surface area (Å²) in [6.45, 7) is 3.22. The first-order chi connectivity index (χ1) is 12.0. The van der Waals surface area contributed by atoms with Gasteiger partial charge in [0.1, 0.15) is 5.75 Å². The zero-order chi connectivity index (χ0) is 17.8. The second kappa shape index (κ2) is 8.25. The summed E-state index contributed by atoms with van der Waals surface area (Å²) >= 11 is 11.9. The van der Waals surface area contributed by atoms with E-state index in [0.29, 0.717) is 41.5 Å². The maximum Gasteiger partial charge on any atom is 0.275 e. The molecular weight excluding hydrogens is 365 g/mol. The molecule has 1 heterocycles. The zero-order valence-corrected chi connectivity index (χ0v) is 15.4. The molecule has 25 heavy (non-hydrogen) atoms. The fourth-order valence-electron chi connectivity index (χ4n) is 2.81. The highest BCUT2D eigenvalue weighted by Gasteiger charge is 2.28. The highest BCUT2D eigenvalue weighted by atomic mass is 35.5. The number of benzene rings is 1. The molecule has 0 atom stereocenters. The average Bonchev–Trinajstić information content (AvgIpc) is 3.38. The minimum atomic E-state index is -0.0764. The van der Waals surface area contributed by atoms with Crippen LogP contribution in [0.25, 0.3) is 0 Å². The Labute approximate surface area is 157 Å². The first-order valence-electron chi connectivity index (χ1n) is 8.50. The second-order valence-electron chi connectivity index (χ2n) is 6.51. The standard InChI is InChI=1S/C17H21Cl2N3O3/c18-12-1-4-15(14(19)9-12)25-11-17(24)22-7-5-21(6-8-22)10-16(23)20-13-2-3-13/h1,4,9,13H,2-3,5-8,10-11H2,(H,20,23)/p+1. The fraction of sp³-hybridized carbons (Fsp3) is 0.529. The van der Waals surface area contributed by atoms with Gasteiger partial charge in [-0.25, -0.2) is 0 Å². The van der Waals surface area contributed by atoms with Crippen LogP contribution in [0, 0.1) is 0 Å². The topological polar surface area (TPSA) is 63.1 Å². The second-order valence-corrected chi connectivity index (χ2v) is 7.36. The van der Waals surface area contributed by atoms with Crippen molar-refractivity contribution in [2.45, 2.75) is 18.9 Å². The Morgan fingerprint density at radius 3 is 2.60 bits per heavy atom. The molecule has 2 fully saturated rings. The van der Waals surface area contributed by atoms with E-state index in [2.05, 4.69) is 5.32 Å². The number of rotatable bonds is 6. The summed E-state index contributed by atoms with van der Waals surface area (Å²) < 4.78 is 5.50. The van der Waals surface area contributed by atoms with Crippen LogP contribution in [0.4, 0.5) is 0 Å². The molecule has 2 amide bonds. The van der Waals surface area contributed by atoms with E-state index in [9.17, 15) is 9.59 Å². The van der Waals surface area contributed by atoms with Crippen LogP contribution in [0.5, 0.6) is 5.75 Å². The van der Waals surface area contributed by atoms with E-state index in [1.165, 1.54) is 4.90 Å². The number of piperazine rings is 1. The summed E-state index contributed by atoms with van der Waals surface area (Å²) in [4.78, 5) is 27.1. The lowest BCUT2D eigenvalue weighted by Gasteiger charge is -2.31. The van der Waals surface area contributed by atoms with Gasteiger partial charge in [-0.2, -0.15) is 0 Å². The van der Waals surface area contributed by atoms with Crippen molar-refractivity contribution in [1.29, 1.82) is 0 Å². The predicted molar refractivity (Wildman–Crippen MR) is 95.3 cm³/mol. The number of nitrogens with one attached hydrogen (secondary N) is 2. The predicted octanol–water partition coefficient (Wildman–Crippen LogP) is 0.378. The normalized spacial score (nSPS) is 18.1. The molecule has 1 saturated heterocycles. The molecule has 1 saturated carbocycles. The molecule has 3 rings (SSSR count). The summed E-state index contributed by atoms with van der Waals surface area (Å²) in [5.74, 6) is 0.478. The third-order valence-electron chi connectivity index (χ3n) is 4.42.